The number of nitrogens with two attached hydrogens (primary N) is 1. The number of benzene rings is 1. The van der Waals surface area contributed by atoms with Crippen LogP contribution in [0.15, 0.2) is 30.3 Å². The molecule has 1 fully saturated rings. The average Bonchev–Trinajstić information content (AvgIpc) is 2.55. The van der Waals surface area contributed by atoms with E-state index in [4.69, 9.17) is 10.5 Å². The van der Waals surface area contributed by atoms with Gasteiger partial charge in [-0.1, -0.05) is 37.3 Å². The van der Waals surface area contributed by atoms with Gasteiger partial charge in [0, 0.05) is 31.6 Å². The van der Waals surface area contributed by atoms with Gasteiger partial charge in [-0.25, -0.2) is 0 Å². The molecule has 24 heavy (non-hydrogen) atoms. The minimum Gasteiger partial charge on any atom is -0.379 e. The van der Waals surface area contributed by atoms with E-state index >= 15 is 0 Å². The highest BCUT2D eigenvalue weighted by Gasteiger charge is 2.23. The van der Waals surface area contributed by atoms with Crippen LogP contribution in [-0.2, 0) is 9.53 Å². The van der Waals surface area contributed by atoms with E-state index in [0.717, 1.165) is 38.4 Å². The maximum absolute atomic E-state index is 12.4. The van der Waals surface area contributed by atoms with E-state index in [9.17, 15) is 4.79 Å². The number of halogens is 2. The van der Waals surface area contributed by atoms with Crippen LogP contribution in [0.1, 0.15) is 25.5 Å². The number of nitrogens with zero attached hydrogens (tertiary/aromatic N) is 1. The zero-order valence-electron chi connectivity index (χ0n) is 14.3. The van der Waals surface area contributed by atoms with E-state index < -0.39 is 0 Å². The van der Waals surface area contributed by atoms with Crippen molar-refractivity contribution >= 4 is 30.7 Å². The number of rotatable bonds is 6. The molecule has 0 aliphatic carbocycles. The molecule has 0 bridgehead atoms. The highest BCUT2D eigenvalue weighted by molar-refractivity contribution is 5.85. The Balaban J connectivity index is 0.00000264. The molecule has 0 saturated carbocycles. The van der Waals surface area contributed by atoms with Gasteiger partial charge in [-0.2, -0.15) is 0 Å². The summed E-state index contributed by atoms with van der Waals surface area (Å²) in [5.74, 6) is -0.187. The molecule has 3 unspecified atom stereocenters. The van der Waals surface area contributed by atoms with Gasteiger partial charge >= 0.3 is 0 Å². The number of amides is 1. The molecule has 7 heteroatoms. The lowest BCUT2D eigenvalue weighted by Gasteiger charge is -2.31. The number of ether oxygens (including phenoxy) is 1. The van der Waals surface area contributed by atoms with Crippen LogP contribution >= 0.6 is 24.8 Å². The summed E-state index contributed by atoms with van der Waals surface area (Å²) in [6, 6.07) is 9.93. The van der Waals surface area contributed by atoms with E-state index in [-0.39, 0.29) is 48.7 Å². The lowest BCUT2D eigenvalue weighted by Crippen LogP contribution is -2.46. The summed E-state index contributed by atoms with van der Waals surface area (Å²) in [7, 11) is 0. The second-order valence-electron chi connectivity index (χ2n) is 6.03. The molecule has 1 aromatic carbocycles. The lowest BCUT2D eigenvalue weighted by molar-refractivity contribution is -0.125. The van der Waals surface area contributed by atoms with Crippen LogP contribution < -0.4 is 11.1 Å². The molecule has 1 saturated heterocycles. The summed E-state index contributed by atoms with van der Waals surface area (Å²) >= 11 is 0. The molecule has 1 aliphatic rings. The summed E-state index contributed by atoms with van der Waals surface area (Å²) in [5.41, 5.74) is 6.97. The van der Waals surface area contributed by atoms with E-state index in [1.54, 1.807) is 0 Å². The van der Waals surface area contributed by atoms with Crippen LogP contribution in [0.3, 0.4) is 0 Å². The Hall–Kier alpha value is -0.850. The first kappa shape index (κ1) is 23.1. The van der Waals surface area contributed by atoms with Crippen molar-refractivity contribution in [1.82, 2.24) is 10.2 Å². The summed E-state index contributed by atoms with van der Waals surface area (Å²) < 4.78 is 5.39. The third-order valence-electron chi connectivity index (χ3n) is 4.27. The number of carbonyl (C=O) groups excluding carboxylic acids is 1. The Bertz CT molecular complexity index is 468. The third-order valence-corrected chi connectivity index (χ3v) is 4.27. The number of hydrogen-bond donors (Lipinski definition) is 2. The number of nitrogens with one attached hydrogen (secondary N) is 1. The first-order valence-corrected chi connectivity index (χ1v) is 7.99. The largest absolute Gasteiger partial charge is 0.379 e. The fraction of sp³-hybridized carbons (Fsp3) is 0.588. The van der Waals surface area contributed by atoms with Crippen molar-refractivity contribution < 1.29 is 9.53 Å². The molecule has 1 aliphatic heterocycles. The SMILES string of the molecule is CC(N)C(C)C(=O)NC(CN1CCOCC1)c1ccccc1.Cl.Cl. The van der Waals surface area contributed by atoms with Crippen molar-refractivity contribution in [3.8, 4) is 0 Å². The Kier molecular flexibility index (Phi) is 11.2. The maximum Gasteiger partial charge on any atom is 0.224 e. The third kappa shape index (κ3) is 6.95. The monoisotopic (exact) mass is 377 g/mol. The zero-order chi connectivity index (χ0) is 15.9. The molecule has 5 nitrogen and oxygen atoms in total. The minimum atomic E-state index is -0.198. The Morgan fingerprint density at radius 3 is 2.33 bits per heavy atom. The number of carbonyl (C=O) groups is 1. The molecule has 0 spiro atoms. The molecule has 3 N–H and O–H groups in total. The van der Waals surface area contributed by atoms with E-state index in [1.165, 1.54) is 0 Å². The summed E-state index contributed by atoms with van der Waals surface area (Å²) in [6.45, 7) is 7.85. The van der Waals surface area contributed by atoms with Crippen molar-refractivity contribution in [1.29, 1.82) is 0 Å². The normalized spacial score (nSPS) is 18.5. The Labute approximate surface area is 157 Å². The van der Waals surface area contributed by atoms with Gasteiger partial charge in [0.05, 0.1) is 19.3 Å². The van der Waals surface area contributed by atoms with Gasteiger partial charge in [0.25, 0.3) is 0 Å². The summed E-state index contributed by atoms with van der Waals surface area (Å²) in [4.78, 5) is 14.7. The predicted octanol–water partition coefficient (Wildman–Crippen LogP) is 2.00. The van der Waals surface area contributed by atoms with Crippen LogP contribution in [0.2, 0.25) is 0 Å². The van der Waals surface area contributed by atoms with Crippen LogP contribution in [0, 0.1) is 5.92 Å². The van der Waals surface area contributed by atoms with E-state index in [0.29, 0.717) is 0 Å². The van der Waals surface area contributed by atoms with Gasteiger partial charge in [0.1, 0.15) is 0 Å². The van der Waals surface area contributed by atoms with Crippen LogP contribution in [-0.4, -0.2) is 49.7 Å². The molecule has 2 rings (SSSR count). The standard InChI is InChI=1S/C17H27N3O2.2ClH/c1-13(14(2)18)17(21)19-16(15-6-4-3-5-7-15)12-20-8-10-22-11-9-20;;/h3-7,13-14,16H,8-12,18H2,1-2H3,(H,19,21);2*1H. The predicted molar refractivity (Wildman–Crippen MR) is 102 cm³/mol. The number of morpholine rings is 1. The molecular formula is C17H29Cl2N3O2. The molecule has 0 radical (unpaired) electrons. The molecule has 1 heterocycles. The topological polar surface area (TPSA) is 67.6 Å². The van der Waals surface area contributed by atoms with Crippen molar-refractivity contribution in [2.24, 2.45) is 11.7 Å². The van der Waals surface area contributed by atoms with Gasteiger partial charge in [-0.15, -0.1) is 24.8 Å². The van der Waals surface area contributed by atoms with Crippen LogP contribution in [0.25, 0.3) is 0 Å². The number of hydrogen-bond acceptors (Lipinski definition) is 4. The van der Waals surface area contributed by atoms with Crippen molar-refractivity contribution in [2.75, 3.05) is 32.8 Å². The second-order valence-corrected chi connectivity index (χ2v) is 6.03. The van der Waals surface area contributed by atoms with E-state index in [1.807, 2.05) is 32.0 Å². The molecule has 1 amide bonds. The molecule has 138 valence electrons. The fourth-order valence-electron chi connectivity index (χ4n) is 2.50. The highest BCUT2D eigenvalue weighted by Crippen LogP contribution is 2.16. The fourth-order valence-corrected chi connectivity index (χ4v) is 2.50. The Morgan fingerprint density at radius 1 is 1.21 bits per heavy atom. The smallest absolute Gasteiger partial charge is 0.224 e. The average molecular weight is 378 g/mol. The summed E-state index contributed by atoms with van der Waals surface area (Å²) in [6.07, 6.45) is 0. The van der Waals surface area contributed by atoms with Crippen molar-refractivity contribution in [3.63, 3.8) is 0 Å². The maximum atomic E-state index is 12.4. The quantitative estimate of drug-likeness (QED) is 0.795. The Morgan fingerprint density at radius 2 is 1.79 bits per heavy atom. The van der Waals surface area contributed by atoms with E-state index in [2.05, 4.69) is 22.3 Å². The van der Waals surface area contributed by atoms with Crippen molar-refractivity contribution in [3.05, 3.63) is 35.9 Å². The molecule has 0 aromatic heterocycles. The molecular weight excluding hydrogens is 349 g/mol. The van der Waals surface area contributed by atoms with Crippen molar-refractivity contribution in [2.45, 2.75) is 25.9 Å². The first-order valence-electron chi connectivity index (χ1n) is 7.99. The second kappa shape index (κ2) is 11.7. The first-order chi connectivity index (χ1) is 10.6. The van der Waals surface area contributed by atoms with Gasteiger partial charge in [-0.05, 0) is 12.5 Å². The van der Waals surface area contributed by atoms with Gasteiger partial charge in [0.2, 0.25) is 5.91 Å². The molecule has 1 aromatic rings. The highest BCUT2D eigenvalue weighted by atomic mass is 35.5. The van der Waals surface area contributed by atoms with Gasteiger partial charge in [-0.3, -0.25) is 9.69 Å². The van der Waals surface area contributed by atoms with Crippen LogP contribution in [0.5, 0.6) is 0 Å². The molecule has 3 atom stereocenters. The van der Waals surface area contributed by atoms with Crippen LogP contribution in [0.4, 0.5) is 0 Å². The minimum absolute atomic E-state index is 0. The summed E-state index contributed by atoms with van der Waals surface area (Å²) in [5, 5.41) is 3.16. The van der Waals surface area contributed by atoms with Gasteiger partial charge < -0.3 is 15.8 Å². The lowest BCUT2D eigenvalue weighted by atomic mass is 10.0. The van der Waals surface area contributed by atoms with Gasteiger partial charge in [0.15, 0.2) is 0 Å². The zero-order valence-corrected chi connectivity index (χ0v) is 15.9.